The van der Waals surface area contributed by atoms with Crippen LogP contribution < -0.4 is 14.8 Å². The predicted molar refractivity (Wildman–Crippen MR) is 115 cm³/mol. The van der Waals surface area contributed by atoms with Crippen molar-refractivity contribution in [2.75, 3.05) is 26.6 Å². The van der Waals surface area contributed by atoms with E-state index in [2.05, 4.69) is 15.4 Å². The molecule has 4 bridgehead atoms. The SMILES string of the molecule is COC(=O)c1cc(OC)c(OC)cc1NC(=O)C12C[C@H]3C[C@@H](C1)CC(n1cncn1)(C3)C2. The average molecular weight is 441 g/mol. The summed E-state index contributed by atoms with van der Waals surface area (Å²) in [6.07, 6.45) is 9.01. The summed E-state index contributed by atoms with van der Waals surface area (Å²) in [5.74, 6) is 1.18. The van der Waals surface area contributed by atoms with Crippen molar-refractivity contribution >= 4 is 17.6 Å². The Morgan fingerprint density at radius 2 is 1.75 bits per heavy atom. The number of aromatic nitrogens is 3. The number of amides is 1. The first kappa shape index (κ1) is 20.8. The zero-order chi connectivity index (χ0) is 22.5. The molecule has 4 aliphatic carbocycles. The van der Waals surface area contributed by atoms with Gasteiger partial charge in [0, 0.05) is 12.1 Å². The van der Waals surface area contributed by atoms with Crippen LogP contribution >= 0.6 is 0 Å². The number of anilines is 1. The van der Waals surface area contributed by atoms with Crippen LogP contribution in [0.1, 0.15) is 48.9 Å². The predicted octanol–water partition coefficient (Wildman–Crippen LogP) is 3.02. The molecule has 2 unspecified atom stereocenters. The smallest absolute Gasteiger partial charge is 0.340 e. The highest BCUT2D eigenvalue weighted by molar-refractivity contribution is 6.04. The van der Waals surface area contributed by atoms with E-state index in [1.54, 1.807) is 18.7 Å². The van der Waals surface area contributed by atoms with E-state index in [-0.39, 0.29) is 17.0 Å². The van der Waals surface area contributed by atoms with Gasteiger partial charge in [0.15, 0.2) is 11.5 Å². The van der Waals surface area contributed by atoms with Crippen LogP contribution in [0.4, 0.5) is 5.69 Å². The minimum absolute atomic E-state index is 0.0616. The highest BCUT2D eigenvalue weighted by atomic mass is 16.5. The first-order valence-corrected chi connectivity index (χ1v) is 10.9. The number of nitrogens with one attached hydrogen (secondary N) is 1. The van der Waals surface area contributed by atoms with Crippen LogP contribution in [-0.4, -0.2) is 48.0 Å². The Morgan fingerprint density at radius 3 is 2.34 bits per heavy atom. The number of ether oxygens (including phenoxy) is 3. The van der Waals surface area contributed by atoms with Crippen molar-refractivity contribution in [2.24, 2.45) is 17.3 Å². The van der Waals surface area contributed by atoms with Crippen molar-refractivity contribution in [3.63, 3.8) is 0 Å². The Balaban J connectivity index is 1.50. The van der Waals surface area contributed by atoms with Crippen molar-refractivity contribution in [2.45, 2.75) is 44.1 Å². The lowest BCUT2D eigenvalue weighted by molar-refractivity contribution is -0.150. The Bertz CT molecular complexity index is 1040. The Hall–Kier alpha value is -3.10. The summed E-state index contributed by atoms with van der Waals surface area (Å²) in [5, 5.41) is 7.50. The molecule has 0 aliphatic heterocycles. The lowest BCUT2D eigenvalue weighted by Gasteiger charge is -2.60. The van der Waals surface area contributed by atoms with Crippen molar-refractivity contribution in [3.05, 3.63) is 30.4 Å². The van der Waals surface area contributed by atoms with E-state index >= 15 is 0 Å². The van der Waals surface area contributed by atoms with E-state index in [1.165, 1.54) is 27.4 Å². The van der Waals surface area contributed by atoms with Crippen molar-refractivity contribution in [3.8, 4) is 11.5 Å². The van der Waals surface area contributed by atoms with Crippen molar-refractivity contribution < 1.29 is 23.8 Å². The fourth-order valence-corrected chi connectivity index (χ4v) is 6.72. The molecular weight excluding hydrogens is 412 g/mol. The molecule has 1 aromatic carbocycles. The number of hydrogen-bond donors (Lipinski definition) is 1. The van der Waals surface area contributed by atoms with Gasteiger partial charge in [0.2, 0.25) is 5.91 Å². The van der Waals surface area contributed by atoms with E-state index in [9.17, 15) is 9.59 Å². The molecule has 2 aromatic rings. The molecule has 9 heteroatoms. The highest BCUT2D eigenvalue weighted by Crippen LogP contribution is 2.64. The third-order valence-corrected chi connectivity index (χ3v) is 7.59. The molecule has 4 aliphatic rings. The summed E-state index contributed by atoms with van der Waals surface area (Å²) in [5.41, 5.74) is -0.0728. The molecule has 170 valence electrons. The zero-order valence-electron chi connectivity index (χ0n) is 18.6. The number of carbonyl (C=O) groups is 2. The van der Waals surface area contributed by atoms with Crippen molar-refractivity contribution in [1.82, 2.24) is 14.8 Å². The molecule has 4 atom stereocenters. The largest absolute Gasteiger partial charge is 0.493 e. The van der Waals surface area contributed by atoms with Gasteiger partial charge in [0.05, 0.1) is 43.5 Å². The van der Waals surface area contributed by atoms with Crippen LogP contribution in [0.3, 0.4) is 0 Å². The molecule has 0 radical (unpaired) electrons. The van der Waals surface area contributed by atoms with Gasteiger partial charge in [-0.3, -0.25) is 4.79 Å². The standard InChI is InChI=1S/C23H28N4O5/c1-30-18-5-16(20(28)32-3)17(6-19(18)31-2)26-21(29)22-7-14-4-15(8-22)10-23(9-14,11-22)27-13-24-12-25-27/h5-6,12-15H,4,7-11H2,1-3H3,(H,26,29)/t14-,15+,22?,23?. The molecule has 1 aromatic heterocycles. The second kappa shape index (κ2) is 7.50. The molecule has 6 rings (SSSR count). The summed E-state index contributed by atoms with van der Waals surface area (Å²) in [6, 6.07) is 3.16. The molecule has 1 amide bonds. The Kier molecular flexibility index (Phi) is 4.87. The second-order valence-corrected chi connectivity index (χ2v) is 9.50. The minimum atomic E-state index is -0.550. The van der Waals surface area contributed by atoms with Gasteiger partial charge in [0.25, 0.3) is 0 Å². The topological polar surface area (TPSA) is 105 Å². The van der Waals surface area contributed by atoms with Gasteiger partial charge in [-0.1, -0.05) is 0 Å². The zero-order valence-corrected chi connectivity index (χ0v) is 18.6. The molecular formula is C23H28N4O5. The quantitative estimate of drug-likeness (QED) is 0.689. The van der Waals surface area contributed by atoms with Crippen molar-refractivity contribution in [1.29, 1.82) is 0 Å². The van der Waals surface area contributed by atoms with Crippen LogP contribution in [0.15, 0.2) is 24.8 Å². The van der Waals surface area contributed by atoms with Crippen LogP contribution in [0, 0.1) is 17.3 Å². The molecule has 32 heavy (non-hydrogen) atoms. The molecule has 4 saturated carbocycles. The van der Waals surface area contributed by atoms with E-state index in [1.807, 2.05) is 4.68 Å². The van der Waals surface area contributed by atoms with Crippen LogP contribution in [0.5, 0.6) is 11.5 Å². The summed E-state index contributed by atoms with van der Waals surface area (Å²) in [4.78, 5) is 30.4. The molecule has 0 spiro atoms. The Morgan fingerprint density at radius 1 is 1.06 bits per heavy atom. The third-order valence-electron chi connectivity index (χ3n) is 7.59. The maximum absolute atomic E-state index is 13.8. The fraction of sp³-hybridized carbons (Fsp3) is 0.565. The van der Waals surface area contributed by atoms with E-state index in [4.69, 9.17) is 14.2 Å². The number of nitrogens with zero attached hydrogens (tertiary/aromatic N) is 3. The number of carbonyl (C=O) groups excluding carboxylic acids is 2. The molecule has 1 heterocycles. The van der Waals surface area contributed by atoms with Gasteiger partial charge in [-0.25, -0.2) is 14.5 Å². The normalized spacial score (nSPS) is 30.1. The number of rotatable bonds is 6. The minimum Gasteiger partial charge on any atom is -0.493 e. The van der Waals surface area contributed by atoms with Gasteiger partial charge in [-0.2, -0.15) is 5.10 Å². The highest BCUT2D eigenvalue weighted by Gasteiger charge is 2.61. The number of esters is 1. The number of benzene rings is 1. The summed E-state index contributed by atoms with van der Waals surface area (Å²) >= 11 is 0. The summed E-state index contributed by atoms with van der Waals surface area (Å²) in [6.45, 7) is 0. The van der Waals surface area contributed by atoms with Gasteiger partial charge in [-0.15, -0.1) is 0 Å². The van der Waals surface area contributed by atoms with Gasteiger partial charge in [-0.05, 0) is 50.4 Å². The maximum Gasteiger partial charge on any atom is 0.340 e. The Labute approximate surface area is 186 Å². The summed E-state index contributed by atoms with van der Waals surface area (Å²) < 4.78 is 17.6. The molecule has 0 saturated heterocycles. The monoisotopic (exact) mass is 440 g/mol. The summed E-state index contributed by atoms with van der Waals surface area (Å²) in [7, 11) is 4.32. The first-order valence-electron chi connectivity index (χ1n) is 10.9. The average Bonchev–Trinajstić information content (AvgIpc) is 3.33. The van der Waals surface area contributed by atoms with E-state index in [0.717, 1.165) is 38.5 Å². The van der Waals surface area contributed by atoms with E-state index < -0.39 is 11.4 Å². The lowest BCUT2D eigenvalue weighted by Crippen LogP contribution is -2.60. The van der Waals surface area contributed by atoms with E-state index in [0.29, 0.717) is 29.0 Å². The maximum atomic E-state index is 13.8. The molecule has 1 N–H and O–H groups in total. The van der Waals surface area contributed by atoms with Gasteiger partial charge >= 0.3 is 5.97 Å². The van der Waals surface area contributed by atoms with Crippen LogP contribution in [-0.2, 0) is 15.1 Å². The van der Waals surface area contributed by atoms with Crippen LogP contribution in [0.2, 0.25) is 0 Å². The third kappa shape index (κ3) is 3.13. The van der Waals surface area contributed by atoms with Gasteiger partial charge in [0.1, 0.15) is 12.7 Å². The second-order valence-electron chi connectivity index (χ2n) is 9.50. The number of hydrogen-bond acceptors (Lipinski definition) is 7. The molecule has 9 nitrogen and oxygen atoms in total. The van der Waals surface area contributed by atoms with Gasteiger partial charge < -0.3 is 19.5 Å². The number of methoxy groups -OCH3 is 3. The fourth-order valence-electron chi connectivity index (χ4n) is 6.72. The molecule has 4 fully saturated rings. The van der Waals surface area contributed by atoms with Crippen LogP contribution in [0.25, 0.3) is 0 Å². The lowest BCUT2D eigenvalue weighted by atomic mass is 9.46. The first-order chi connectivity index (χ1) is 15.4.